The molecule has 3 rings (SSSR count). The molecule has 29 heavy (non-hydrogen) atoms. The molecule has 1 aliphatic heterocycles. The standard InChI is InChI=1S/C17H14F7N3OS/c1-26-10(4-12(28)25-6-17(22,23)24)11-2-7(5-27(11)16(26)29)13-14(20)8(18)3-9(19)15(13)21/h3,7H,2,4-6H2,1H3,(H,25,28)/t7-/m0/s1. The predicted molar refractivity (Wildman–Crippen MR) is 89.7 cm³/mol. The molecule has 0 saturated carbocycles. The summed E-state index contributed by atoms with van der Waals surface area (Å²) in [5.74, 6) is -8.01. The van der Waals surface area contributed by atoms with Crippen molar-refractivity contribution in [3.8, 4) is 0 Å². The predicted octanol–water partition coefficient (Wildman–Crippen LogP) is 3.67. The maximum atomic E-state index is 14.1. The minimum Gasteiger partial charge on any atom is -0.347 e. The van der Waals surface area contributed by atoms with Crippen molar-refractivity contribution in [2.45, 2.75) is 31.5 Å². The number of amides is 1. The lowest BCUT2D eigenvalue weighted by Gasteiger charge is -2.14. The van der Waals surface area contributed by atoms with E-state index >= 15 is 0 Å². The molecule has 1 aromatic heterocycles. The van der Waals surface area contributed by atoms with E-state index in [1.54, 1.807) is 5.32 Å². The van der Waals surface area contributed by atoms with Crippen LogP contribution in [-0.2, 0) is 31.2 Å². The molecule has 158 valence electrons. The zero-order valence-electron chi connectivity index (χ0n) is 14.8. The van der Waals surface area contributed by atoms with E-state index in [1.165, 1.54) is 16.2 Å². The van der Waals surface area contributed by atoms with E-state index in [0.29, 0.717) is 5.69 Å². The van der Waals surface area contributed by atoms with Gasteiger partial charge in [-0.2, -0.15) is 13.2 Å². The van der Waals surface area contributed by atoms with Crippen molar-refractivity contribution < 1.29 is 35.5 Å². The van der Waals surface area contributed by atoms with E-state index < -0.39 is 59.8 Å². The van der Waals surface area contributed by atoms with Gasteiger partial charge in [0.25, 0.3) is 0 Å². The van der Waals surface area contributed by atoms with E-state index in [0.717, 1.165) is 0 Å². The maximum Gasteiger partial charge on any atom is 0.405 e. The fourth-order valence-corrected chi connectivity index (χ4v) is 3.77. The summed E-state index contributed by atoms with van der Waals surface area (Å²) < 4.78 is 95.2. The molecule has 2 aromatic rings. The zero-order chi connectivity index (χ0) is 21.7. The van der Waals surface area contributed by atoms with Crippen LogP contribution in [0.15, 0.2) is 6.07 Å². The first-order chi connectivity index (χ1) is 13.4. The Bertz CT molecular complexity index is 1020. The van der Waals surface area contributed by atoms with E-state index in [4.69, 9.17) is 12.2 Å². The summed E-state index contributed by atoms with van der Waals surface area (Å²) in [5, 5.41) is 1.74. The smallest absolute Gasteiger partial charge is 0.347 e. The van der Waals surface area contributed by atoms with Gasteiger partial charge < -0.3 is 14.5 Å². The number of carbonyl (C=O) groups excluding carboxylic acids is 1. The van der Waals surface area contributed by atoms with E-state index in [2.05, 4.69) is 0 Å². The molecular weight excluding hydrogens is 427 g/mol. The van der Waals surface area contributed by atoms with E-state index in [1.807, 2.05) is 0 Å². The normalized spacial score (nSPS) is 16.2. The van der Waals surface area contributed by atoms with Crippen molar-refractivity contribution in [3.63, 3.8) is 0 Å². The monoisotopic (exact) mass is 441 g/mol. The number of alkyl halides is 3. The molecule has 0 spiro atoms. The van der Waals surface area contributed by atoms with Crippen LogP contribution in [0.3, 0.4) is 0 Å². The Morgan fingerprint density at radius 3 is 2.34 bits per heavy atom. The lowest BCUT2D eigenvalue weighted by molar-refractivity contribution is -0.138. The van der Waals surface area contributed by atoms with Gasteiger partial charge in [-0.15, -0.1) is 0 Å². The number of rotatable bonds is 4. The quantitative estimate of drug-likeness (QED) is 0.447. The number of halogens is 7. The Morgan fingerprint density at radius 1 is 1.21 bits per heavy atom. The lowest BCUT2D eigenvalue weighted by Crippen LogP contribution is -2.35. The van der Waals surface area contributed by atoms with Gasteiger partial charge in [0.2, 0.25) is 5.91 Å². The molecule has 0 saturated heterocycles. The molecule has 0 bridgehead atoms. The first-order valence-corrected chi connectivity index (χ1v) is 8.75. The van der Waals surface area contributed by atoms with Gasteiger partial charge in [0.1, 0.15) is 6.54 Å². The number of fused-ring (bicyclic) bond motifs is 1. The van der Waals surface area contributed by atoms with Crippen LogP contribution in [0.25, 0.3) is 0 Å². The first-order valence-electron chi connectivity index (χ1n) is 8.34. The minimum atomic E-state index is -4.58. The Balaban J connectivity index is 1.90. The highest BCUT2D eigenvalue weighted by molar-refractivity contribution is 7.71. The van der Waals surface area contributed by atoms with Crippen LogP contribution in [0.5, 0.6) is 0 Å². The van der Waals surface area contributed by atoms with Gasteiger partial charge in [-0.3, -0.25) is 4.79 Å². The second-order valence-electron chi connectivity index (χ2n) is 6.70. The molecule has 0 unspecified atom stereocenters. The highest BCUT2D eigenvalue weighted by Gasteiger charge is 2.35. The molecular formula is C17H14F7N3OS. The van der Waals surface area contributed by atoms with Gasteiger partial charge in [-0.25, -0.2) is 17.6 Å². The van der Waals surface area contributed by atoms with Gasteiger partial charge in [-0.1, -0.05) is 0 Å². The van der Waals surface area contributed by atoms with Gasteiger partial charge in [-0.05, 0) is 18.6 Å². The third kappa shape index (κ3) is 4.02. The third-order valence-electron chi connectivity index (χ3n) is 4.79. The Kier molecular flexibility index (Phi) is 5.50. The van der Waals surface area contributed by atoms with Gasteiger partial charge in [0.05, 0.1) is 6.42 Å². The summed E-state index contributed by atoms with van der Waals surface area (Å²) >= 11 is 5.22. The van der Waals surface area contributed by atoms with Crippen molar-refractivity contribution in [1.82, 2.24) is 14.5 Å². The SMILES string of the molecule is Cn1c(CC(=O)NCC(F)(F)F)c2n(c1=S)C[C@@H](c1c(F)c(F)cc(F)c1F)C2. The summed E-state index contributed by atoms with van der Waals surface area (Å²) in [6, 6.07) is 0.109. The Labute approximate surface area is 164 Å². The largest absolute Gasteiger partial charge is 0.405 e. The van der Waals surface area contributed by atoms with Crippen molar-refractivity contribution in [2.75, 3.05) is 6.54 Å². The van der Waals surface area contributed by atoms with Crippen LogP contribution in [-0.4, -0.2) is 27.8 Å². The molecule has 12 heteroatoms. The van der Waals surface area contributed by atoms with E-state index in [9.17, 15) is 35.5 Å². The number of nitrogens with one attached hydrogen (secondary N) is 1. The molecule has 4 nitrogen and oxygen atoms in total. The number of aromatic nitrogens is 2. The fourth-order valence-electron chi connectivity index (χ4n) is 3.47. The molecule has 0 fully saturated rings. The average Bonchev–Trinajstić information content (AvgIpc) is 3.13. The van der Waals surface area contributed by atoms with Crippen LogP contribution in [0.1, 0.15) is 22.9 Å². The highest BCUT2D eigenvalue weighted by atomic mass is 32.1. The summed E-state index contributed by atoms with van der Waals surface area (Å²) in [6.07, 6.45) is -5.12. The van der Waals surface area contributed by atoms with Crippen LogP contribution < -0.4 is 5.32 Å². The maximum absolute atomic E-state index is 14.1. The van der Waals surface area contributed by atoms with Crippen molar-refractivity contribution in [3.05, 3.63) is 51.1 Å². The van der Waals surface area contributed by atoms with Crippen LogP contribution in [0, 0.1) is 28.0 Å². The molecule has 1 amide bonds. The molecule has 1 aliphatic rings. The summed E-state index contributed by atoms with van der Waals surface area (Å²) in [6.45, 7) is -1.60. The summed E-state index contributed by atoms with van der Waals surface area (Å²) in [4.78, 5) is 11.9. The first kappa shape index (κ1) is 21.3. The average molecular weight is 441 g/mol. The molecule has 2 heterocycles. The number of benzene rings is 1. The number of imidazole rings is 1. The molecule has 1 N–H and O–H groups in total. The van der Waals surface area contributed by atoms with Crippen molar-refractivity contribution >= 4 is 18.1 Å². The van der Waals surface area contributed by atoms with Crippen LogP contribution >= 0.6 is 12.2 Å². The Morgan fingerprint density at radius 2 is 1.79 bits per heavy atom. The molecule has 0 radical (unpaired) electrons. The topological polar surface area (TPSA) is 39.0 Å². The lowest BCUT2D eigenvalue weighted by atomic mass is 9.94. The van der Waals surface area contributed by atoms with Gasteiger partial charge in [0, 0.05) is 42.5 Å². The van der Waals surface area contributed by atoms with Gasteiger partial charge >= 0.3 is 6.18 Å². The number of hydrogen-bond acceptors (Lipinski definition) is 2. The van der Waals surface area contributed by atoms with E-state index in [-0.39, 0.29) is 29.5 Å². The number of nitrogens with zero attached hydrogens (tertiary/aromatic N) is 2. The third-order valence-corrected chi connectivity index (χ3v) is 5.29. The highest BCUT2D eigenvalue weighted by Crippen LogP contribution is 2.36. The van der Waals surface area contributed by atoms with Crippen molar-refractivity contribution in [2.24, 2.45) is 7.05 Å². The molecule has 1 atom stereocenters. The fraction of sp³-hybridized carbons (Fsp3) is 0.412. The van der Waals surface area contributed by atoms with Crippen LogP contribution in [0.2, 0.25) is 0 Å². The molecule has 0 aliphatic carbocycles. The number of hydrogen-bond donors (Lipinski definition) is 1. The summed E-state index contributed by atoms with van der Waals surface area (Å²) in [5.41, 5.74) is -0.140. The minimum absolute atomic E-state index is 0.0941. The second kappa shape index (κ2) is 7.47. The zero-order valence-corrected chi connectivity index (χ0v) is 15.7. The molecule has 1 aromatic carbocycles. The number of carbonyl (C=O) groups is 1. The Hall–Kier alpha value is -2.37. The van der Waals surface area contributed by atoms with Gasteiger partial charge in [0.15, 0.2) is 28.0 Å². The second-order valence-corrected chi connectivity index (χ2v) is 7.06. The summed E-state index contributed by atoms with van der Waals surface area (Å²) in [7, 11) is 1.50. The van der Waals surface area contributed by atoms with Crippen molar-refractivity contribution in [1.29, 1.82) is 0 Å². The van der Waals surface area contributed by atoms with Crippen LogP contribution in [0.4, 0.5) is 30.7 Å².